The van der Waals surface area contributed by atoms with Crippen LogP contribution in [0.25, 0.3) is 22.6 Å². The van der Waals surface area contributed by atoms with Crippen LogP contribution < -0.4 is 10.1 Å². The van der Waals surface area contributed by atoms with E-state index in [2.05, 4.69) is 10.5 Å². The van der Waals surface area contributed by atoms with Crippen LogP contribution in [0.4, 0.5) is 0 Å². The van der Waals surface area contributed by atoms with E-state index in [-0.39, 0.29) is 5.91 Å². The molecule has 122 valence electrons. The Morgan fingerprint density at radius 3 is 2.38 bits per heavy atom. The smallest absolute Gasteiger partial charge is 0.217 e. The zero-order valence-corrected chi connectivity index (χ0v) is 13.6. The minimum Gasteiger partial charge on any atom is -0.497 e. The van der Waals surface area contributed by atoms with Gasteiger partial charge in [0.1, 0.15) is 11.4 Å². The second-order valence-corrected chi connectivity index (χ2v) is 5.41. The molecule has 3 rings (SSSR count). The Hall–Kier alpha value is -3.08. The molecule has 0 aliphatic carbocycles. The van der Waals surface area contributed by atoms with Gasteiger partial charge in [-0.15, -0.1) is 0 Å². The zero-order chi connectivity index (χ0) is 16.9. The van der Waals surface area contributed by atoms with Crippen molar-refractivity contribution >= 4 is 5.91 Å². The molecule has 2 aromatic carbocycles. The average Bonchev–Trinajstić information content (AvgIpc) is 3.10. The number of methoxy groups -OCH3 is 1. The molecule has 1 amide bonds. The van der Waals surface area contributed by atoms with Crippen LogP contribution in [0.2, 0.25) is 0 Å². The monoisotopic (exact) mass is 322 g/mol. The van der Waals surface area contributed by atoms with Crippen LogP contribution in [-0.4, -0.2) is 18.2 Å². The van der Waals surface area contributed by atoms with E-state index in [1.807, 2.05) is 54.6 Å². The van der Waals surface area contributed by atoms with Gasteiger partial charge in [0.05, 0.1) is 7.11 Å². The summed E-state index contributed by atoms with van der Waals surface area (Å²) in [7, 11) is 1.64. The summed E-state index contributed by atoms with van der Waals surface area (Å²) in [5.74, 6) is 1.46. The molecular formula is C19H18N2O3. The Kier molecular flexibility index (Phi) is 4.61. The highest BCUT2D eigenvalue weighted by atomic mass is 16.5. The Bertz CT molecular complexity index is 821. The summed E-state index contributed by atoms with van der Waals surface area (Å²) in [6, 6.07) is 17.4. The molecule has 0 atom stereocenters. The Labute approximate surface area is 140 Å². The molecule has 5 heteroatoms. The molecule has 1 N–H and O–H groups in total. The van der Waals surface area contributed by atoms with Crippen molar-refractivity contribution in [2.24, 2.45) is 0 Å². The number of nitrogens with zero attached hydrogens (tertiary/aromatic N) is 1. The van der Waals surface area contributed by atoms with Gasteiger partial charge in [-0.2, -0.15) is 0 Å². The molecule has 0 fully saturated rings. The first kappa shape index (κ1) is 15.8. The lowest BCUT2D eigenvalue weighted by molar-refractivity contribution is -0.119. The maximum absolute atomic E-state index is 10.9. The van der Waals surface area contributed by atoms with Crippen LogP contribution in [-0.2, 0) is 11.3 Å². The zero-order valence-electron chi connectivity index (χ0n) is 13.6. The summed E-state index contributed by atoms with van der Waals surface area (Å²) in [5, 5.41) is 6.91. The van der Waals surface area contributed by atoms with Crippen molar-refractivity contribution < 1.29 is 14.1 Å². The number of nitrogens with one attached hydrogen (secondary N) is 1. The topological polar surface area (TPSA) is 64.4 Å². The van der Waals surface area contributed by atoms with Crippen LogP contribution >= 0.6 is 0 Å². The normalized spacial score (nSPS) is 10.4. The average molecular weight is 322 g/mol. The SMILES string of the molecule is COc1ccc(-c2cc(-c3ccc(CNC(C)=O)cc3)no2)cc1. The summed E-state index contributed by atoms with van der Waals surface area (Å²) in [4.78, 5) is 10.9. The number of amides is 1. The molecule has 3 aromatic rings. The number of hydrogen-bond donors (Lipinski definition) is 1. The van der Waals surface area contributed by atoms with Gasteiger partial charge >= 0.3 is 0 Å². The van der Waals surface area contributed by atoms with E-state index in [1.54, 1.807) is 7.11 Å². The number of aromatic nitrogens is 1. The first-order valence-electron chi connectivity index (χ1n) is 7.60. The van der Waals surface area contributed by atoms with Gasteiger partial charge in [-0.25, -0.2) is 0 Å². The molecule has 24 heavy (non-hydrogen) atoms. The van der Waals surface area contributed by atoms with E-state index in [4.69, 9.17) is 9.26 Å². The van der Waals surface area contributed by atoms with Crippen molar-refractivity contribution in [2.75, 3.05) is 7.11 Å². The van der Waals surface area contributed by atoms with Crippen molar-refractivity contribution in [2.45, 2.75) is 13.5 Å². The fourth-order valence-corrected chi connectivity index (χ4v) is 2.32. The first-order chi connectivity index (χ1) is 11.7. The number of carbonyl (C=O) groups excluding carboxylic acids is 1. The Balaban J connectivity index is 1.76. The summed E-state index contributed by atoms with van der Waals surface area (Å²) in [6.45, 7) is 2.02. The maximum atomic E-state index is 10.9. The third kappa shape index (κ3) is 3.63. The van der Waals surface area contributed by atoms with Crippen LogP contribution in [0.1, 0.15) is 12.5 Å². The molecule has 0 saturated carbocycles. The van der Waals surface area contributed by atoms with Crippen molar-refractivity contribution in [3.05, 3.63) is 60.2 Å². The van der Waals surface area contributed by atoms with Gasteiger partial charge in [0.15, 0.2) is 5.76 Å². The predicted molar refractivity (Wildman–Crippen MR) is 91.4 cm³/mol. The Morgan fingerprint density at radius 1 is 1.08 bits per heavy atom. The summed E-state index contributed by atoms with van der Waals surface area (Å²) in [6.07, 6.45) is 0. The fourth-order valence-electron chi connectivity index (χ4n) is 2.32. The first-order valence-corrected chi connectivity index (χ1v) is 7.60. The molecule has 5 nitrogen and oxygen atoms in total. The predicted octanol–water partition coefficient (Wildman–Crippen LogP) is 3.65. The van der Waals surface area contributed by atoms with Crippen LogP contribution in [0.5, 0.6) is 5.75 Å². The van der Waals surface area contributed by atoms with Crippen LogP contribution in [0, 0.1) is 0 Å². The highest BCUT2D eigenvalue weighted by molar-refractivity contribution is 5.73. The highest BCUT2D eigenvalue weighted by Gasteiger charge is 2.09. The van der Waals surface area contributed by atoms with Crippen molar-refractivity contribution in [3.63, 3.8) is 0 Å². The summed E-state index contributed by atoms with van der Waals surface area (Å²) in [5.41, 5.74) is 3.71. The van der Waals surface area contributed by atoms with Crippen molar-refractivity contribution in [1.82, 2.24) is 10.5 Å². The summed E-state index contributed by atoms with van der Waals surface area (Å²) < 4.78 is 10.6. The minimum atomic E-state index is -0.0419. The fraction of sp³-hybridized carbons (Fsp3) is 0.158. The van der Waals surface area contributed by atoms with E-state index in [1.165, 1.54) is 6.92 Å². The number of ether oxygens (including phenoxy) is 1. The van der Waals surface area contributed by atoms with E-state index in [0.29, 0.717) is 12.3 Å². The molecular weight excluding hydrogens is 304 g/mol. The van der Waals surface area contributed by atoms with Gasteiger partial charge in [-0.1, -0.05) is 29.4 Å². The standard InChI is InChI=1S/C19H18N2O3/c1-13(22)20-12-14-3-5-15(6-4-14)18-11-19(24-21-18)16-7-9-17(23-2)10-8-16/h3-11H,12H2,1-2H3,(H,20,22). The molecule has 1 aromatic heterocycles. The number of hydrogen-bond acceptors (Lipinski definition) is 4. The molecule has 0 unspecified atom stereocenters. The van der Waals surface area contributed by atoms with Crippen LogP contribution in [0.3, 0.4) is 0 Å². The quantitative estimate of drug-likeness (QED) is 0.778. The lowest BCUT2D eigenvalue weighted by Crippen LogP contribution is -2.18. The van der Waals surface area contributed by atoms with Crippen LogP contribution in [0.15, 0.2) is 59.1 Å². The minimum absolute atomic E-state index is 0.0419. The lowest BCUT2D eigenvalue weighted by atomic mass is 10.1. The van der Waals surface area contributed by atoms with Gasteiger partial charge in [0.2, 0.25) is 5.91 Å². The number of benzene rings is 2. The highest BCUT2D eigenvalue weighted by Crippen LogP contribution is 2.27. The molecule has 0 spiro atoms. The van der Waals surface area contributed by atoms with E-state index >= 15 is 0 Å². The van der Waals surface area contributed by atoms with Crippen molar-refractivity contribution in [1.29, 1.82) is 0 Å². The second-order valence-electron chi connectivity index (χ2n) is 5.41. The third-order valence-corrected chi connectivity index (χ3v) is 3.68. The molecule has 0 aliphatic heterocycles. The molecule has 0 saturated heterocycles. The number of carbonyl (C=O) groups is 1. The van der Waals surface area contributed by atoms with Gasteiger partial charge in [-0.05, 0) is 29.8 Å². The van der Waals surface area contributed by atoms with Crippen molar-refractivity contribution in [3.8, 4) is 28.3 Å². The van der Waals surface area contributed by atoms with E-state index in [0.717, 1.165) is 28.1 Å². The third-order valence-electron chi connectivity index (χ3n) is 3.68. The largest absolute Gasteiger partial charge is 0.497 e. The Morgan fingerprint density at radius 2 is 1.75 bits per heavy atom. The number of rotatable bonds is 5. The maximum Gasteiger partial charge on any atom is 0.217 e. The molecule has 0 aliphatic rings. The van der Waals surface area contributed by atoms with Gasteiger partial charge in [-0.3, -0.25) is 4.79 Å². The van der Waals surface area contributed by atoms with E-state index in [9.17, 15) is 4.79 Å². The van der Waals surface area contributed by atoms with Gasteiger partial charge < -0.3 is 14.6 Å². The molecule has 1 heterocycles. The second kappa shape index (κ2) is 7.00. The van der Waals surface area contributed by atoms with Gasteiger partial charge in [0.25, 0.3) is 0 Å². The van der Waals surface area contributed by atoms with E-state index < -0.39 is 0 Å². The summed E-state index contributed by atoms with van der Waals surface area (Å²) >= 11 is 0. The lowest BCUT2D eigenvalue weighted by Gasteiger charge is -2.03. The van der Waals surface area contributed by atoms with Gasteiger partial charge in [0, 0.05) is 30.7 Å². The molecule has 0 radical (unpaired) electrons. The molecule has 0 bridgehead atoms.